The Morgan fingerprint density at radius 1 is 1.14 bits per heavy atom. The Morgan fingerprint density at radius 2 is 1.76 bits per heavy atom. The van der Waals surface area contributed by atoms with Crippen LogP contribution < -0.4 is 4.72 Å². The first-order valence-corrected chi connectivity index (χ1v) is 9.29. The van der Waals surface area contributed by atoms with E-state index >= 15 is 0 Å². The molecule has 1 saturated heterocycles. The van der Waals surface area contributed by atoms with Gasteiger partial charge in [-0.25, -0.2) is 13.1 Å². The van der Waals surface area contributed by atoms with Crippen LogP contribution in [-0.4, -0.2) is 39.5 Å². The Bertz CT molecular complexity index is 532. The van der Waals surface area contributed by atoms with E-state index in [9.17, 15) is 8.42 Å². The first-order chi connectivity index (χ1) is 9.99. The molecule has 2 rings (SSSR count). The standard InChI is InChI=1S/C16H26N2O2S/c1-14(2)15-6-8-16(9-7-15)21(19,20)17-10-5-13-18-11-3-4-12-18/h6-9,14,17H,3-5,10-13H2,1-2H3. The Kier molecular flexibility index (Phi) is 5.79. The van der Waals surface area contributed by atoms with Gasteiger partial charge >= 0.3 is 0 Å². The number of nitrogens with one attached hydrogen (secondary N) is 1. The highest BCUT2D eigenvalue weighted by atomic mass is 32.2. The molecule has 1 aliphatic heterocycles. The van der Waals surface area contributed by atoms with Crippen LogP contribution in [0.5, 0.6) is 0 Å². The van der Waals surface area contributed by atoms with Crippen molar-refractivity contribution in [3.8, 4) is 0 Å². The summed E-state index contributed by atoms with van der Waals surface area (Å²) in [6.45, 7) is 7.99. The van der Waals surface area contributed by atoms with Crippen LogP contribution in [0.2, 0.25) is 0 Å². The van der Waals surface area contributed by atoms with Gasteiger partial charge in [-0.2, -0.15) is 0 Å². The molecule has 0 aromatic heterocycles. The van der Waals surface area contributed by atoms with Crippen LogP contribution in [0.1, 0.15) is 44.6 Å². The molecular weight excluding hydrogens is 284 g/mol. The van der Waals surface area contributed by atoms with Crippen LogP contribution in [-0.2, 0) is 10.0 Å². The van der Waals surface area contributed by atoms with E-state index in [2.05, 4.69) is 23.5 Å². The van der Waals surface area contributed by atoms with E-state index in [1.54, 1.807) is 12.1 Å². The zero-order valence-electron chi connectivity index (χ0n) is 13.0. The zero-order chi connectivity index (χ0) is 15.3. The van der Waals surface area contributed by atoms with Gasteiger partial charge in [0, 0.05) is 6.54 Å². The number of rotatable bonds is 7. The van der Waals surface area contributed by atoms with E-state index in [0.717, 1.165) is 31.6 Å². The molecule has 0 saturated carbocycles. The van der Waals surface area contributed by atoms with Gasteiger partial charge in [-0.15, -0.1) is 0 Å². The van der Waals surface area contributed by atoms with Gasteiger partial charge in [0.25, 0.3) is 0 Å². The third-order valence-corrected chi connectivity index (χ3v) is 5.48. The lowest BCUT2D eigenvalue weighted by Gasteiger charge is -2.14. The fourth-order valence-electron chi connectivity index (χ4n) is 2.63. The molecule has 5 heteroatoms. The van der Waals surface area contributed by atoms with Crippen LogP contribution in [0.4, 0.5) is 0 Å². The molecule has 1 heterocycles. The average Bonchev–Trinajstić information content (AvgIpc) is 2.97. The average molecular weight is 310 g/mol. The third kappa shape index (κ3) is 4.80. The van der Waals surface area contributed by atoms with Crippen LogP contribution in [0.3, 0.4) is 0 Å². The van der Waals surface area contributed by atoms with E-state index in [1.165, 1.54) is 12.8 Å². The largest absolute Gasteiger partial charge is 0.303 e. The number of likely N-dealkylation sites (tertiary alicyclic amines) is 1. The highest BCUT2D eigenvalue weighted by Gasteiger charge is 2.15. The molecule has 1 N–H and O–H groups in total. The van der Waals surface area contributed by atoms with Crippen molar-refractivity contribution in [2.75, 3.05) is 26.2 Å². The molecule has 0 amide bonds. The van der Waals surface area contributed by atoms with Crippen molar-refractivity contribution < 1.29 is 8.42 Å². The maximum atomic E-state index is 12.2. The molecule has 0 aliphatic carbocycles. The van der Waals surface area contributed by atoms with Crippen molar-refractivity contribution in [1.29, 1.82) is 0 Å². The maximum absolute atomic E-state index is 12.2. The molecule has 1 fully saturated rings. The Hall–Kier alpha value is -0.910. The van der Waals surface area contributed by atoms with E-state index in [1.807, 2.05) is 12.1 Å². The summed E-state index contributed by atoms with van der Waals surface area (Å²) in [5, 5.41) is 0. The summed E-state index contributed by atoms with van der Waals surface area (Å²) in [7, 11) is -3.37. The number of benzene rings is 1. The molecule has 0 unspecified atom stereocenters. The quantitative estimate of drug-likeness (QED) is 0.788. The van der Waals surface area contributed by atoms with Gasteiger partial charge in [-0.05, 0) is 62.5 Å². The lowest BCUT2D eigenvalue weighted by atomic mass is 10.0. The molecule has 4 nitrogen and oxygen atoms in total. The topological polar surface area (TPSA) is 49.4 Å². The third-order valence-electron chi connectivity index (χ3n) is 4.00. The fourth-order valence-corrected chi connectivity index (χ4v) is 3.70. The second-order valence-corrected chi connectivity index (χ2v) is 7.79. The highest BCUT2D eigenvalue weighted by molar-refractivity contribution is 7.89. The van der Waals surface area contributed by atoms with Crippen LogP contribution in [0.25, 0.3) is 0 Å². The second kappa shape index (κ2) is 7.38. The van der Waals surface area contributed by atoms with Crippen molar-refractivity contribution in [1.82, 2.24) is 9.62 Å². The highest BCUT2D eigenvalue weighted by Crippen LogP contribution is 2.17. The molecule has 1 aromatic carbocycles. The molecule has 0 atom stereocenters. The van der Waals surface area contributed by atoms with E-state index in [4.69, 9.17) is 0 Å². The monoisotopic (exact) mass is 310 g/mol. The number of hydrogen-bond donors (Lipinski definition) is 1. The molecule has 118 valence electrons. The van der Waals surface area contributed by atoms with Gasteiger partial charge in [0.1, 0.15) is 0 Å². The Labute approximate surface area is 128 Å². The Morgan fingerprint density at radius 3 is 2.33 bits per heavy atom. The number of nitrogens with zero attached hydrogens (tertiary/aromatic N) is 1. The first kappa shape index (κ1) is 16.5. The zero-order valence-corrected chi connectivity index (χ0v) is 13.8. The molecule has 1 aromatic rings. The van der Waals surface area contributed by atoms with Crippen LogP contribution in [0.15, 0.2) is 29.2 Å². The molecular formula is C16H26N2O2S. The Balaban J connectivity index is 1.83. The van der Waals surface area contributed by atoms with E-state index in [-0.39, 0.29) is 0 Å². The fraction of sp³-hybridized carbons (Fsp3) is 0.625. The van der Waals surface area contributed by atoms with Crippen LogP contribution in [0, 0.1) is 0 Å². The molecule has 1 aliphatic rings. The number of sulfonamides is 1. The van der Waals surface area contributed by atoms with Gasteiger partial charge in [0.05, 0.1) is 4.90 Å². The van der Waals surface area contributed by atoms with Crippen LogP contribution >= 0.6 is 0 Å². The minimum Gasteiger partial charge on any atom is -0.303 e. The maximum Gasteiger partial charge on any atom is 0.240 e. The van der Waals surface area contributed by atoms with Gasteiger partial charge in [-0.3, -0.25) is 0 Å². The molecule has 21 heavy (non-hydrogen) atoms. The van der Waals surface area contributed by atoms with Gasteiger partial charge in [0.15, 0.2) is 0 Å². The minimum absolute atomic E-state index is 0.355. The molecule has 0 bridgehead atoms. The summed E-state index contributed by atoms with van der Waals surface area (Å²) in [4.78, 5) is 2.75. The molecule has 0 radical (unpaired) electrons. The summed E-state index contributed by atoms with van der Waals surface area (Å²) in [5.41, 5.74) is 1.16. The summed E-state index contributed by atoms with van der Waals surface area (Å²) in [6.07, 6.45) is 3.41. The van der Waals surface area contributed by atoms with Crippen molar-refractivity contribution in [3.63, 3.8) is 0 Å². The van der Waals surface area contributed by atoms with Crippen molar-refractivity contribution in [2.24, 2.45) is 0 Å². The predicted molar refractivity (Wildman–Crippen MR) is 86.0 cm³/mol. The predicted octanol–water partition coefficient (Wildman–Crippen LogP) is 2.57. The summed E-state index contributed by atoms with van der Waals surface area (Å²) < 4.78 is 27.1. The summed E-state index contributed by atoms with van der Waals surface area (Å²) in [5.74, 6) is 0.412. The summed E-state index contributed by atoms with van der Waals surface area (Å²) >= 11 is 0. The normalized spacial score (nSPS) is 16.7. The lowest BCUT2D eigenvalue weighted by molar-refractivity contribution is 0.334. The van der Waals surface area contributed by atoms with Crippen molar-refractivity contribution >= 4 is 10.0 Å². The molecule has 0 spiro atoms. The lowest BCUT2D eigenvalue weighted by Crippen LogP contribution is -2.28. The minimum atomic E-state index is -3.37. The van der Waals surface area contributed by atoms with E-state index < -0.39 is 10.0 Å². The van der Waals surface area contributed by atoms with Gasteiger partial charge in [-0.1, -0.05) is 26.0 Å². The van der Waals surface area contributed by atoms with Gasteiger partial charge < -0.3 is 4.90 Å². The second-order valence-electron chi connectivity index (χ2n) is 6.02. The van der Waals surface area contributed by atoms with Gasteiger partial charge in [0.2, 0.25) is 10.0 Å². The summed E-state index contributed by atoms with van der Waals surface area (Å²) in [6, 6.07) is 7.17. The number of hydrogen-bond acceptors (Lipinski definition) is 3. The SMILES string of the molecule is CC(C)c1ccc(S(=O)(=O)NCCCN2CCCC2)cc1. The van der Waals surface area contributed by atoms with Crippen molar-refractivity contribution in [2.45, 2.75) is 43.9 Å². The van der Waals surface area contributed by atoms with Crippen molar-refractivity contribution in [3.05, 3.63) is 29.8 Å². The smallest absolute Gasteiger partial charge is 0.240 e. The van der Waals surface area contributed by atoms with E-state index in [0.29, 0.717) is 17.4 Å². The first-order valence-electron chi connectivity index (χ1n) is 7.81.